The first-order valence-corrected chi connectivity index (χ1v) is 6.88. The summed E-state index contributed by atoms with van der Waals surface area (Å²) in [6, 6.07) is 1.97. The van der Waals surface area contributed by atoms with E-state index in [0.29, 0.717) is 11.5 Å². The lowest BCUT2D eigenvalue weighted by molar-refractivity contribution is 0.263. The SMILES string of the molecule is Cc1cc(N2CCC(CCO)C2)c(/C(N)=N/O)c(C)n1. The fourth-order valence-electron chi connectivity index (χ4n) is 2.89. The predicted molar refractivity (Wildman–Crippen MR) is 78.2 cm³/mol. The summed E-state index contributed by atoms with van der Waals surface area (Å²) in [5.74, 6) is 0.588. The van der Waals surface area contributed by atoms with Crippen molar-refractivity contribution < 1.29 is 10.3 Å². The third kappa shape index (κ3) is 2.85. The Morgan fingerprint density at radius 1 is 1.55 bits per heavy atom. The number of hydrogen-bond acceptors (Lipinski definition) is 5. The lowest BCUT2D eigenvalue weighted by Crippen LogP contribution is -2.26. The lowest BCUT2D eigenvalue weighted by atomic mass is 10.1. The smallest absolute Gasteiger partial charge is 0.174 e. The Morgan fingerprint density at radius 2 is 2.30 bits per heavy atom. The van der Waals surface area contributed by atoms with Crippen molar-refractivity contribution >= 4 is 11.5 Å². The molecule has 4 N–H and O–H groups in total. The van der Waals surface area contributed by atoms with E-state index in [-0.39, 0.29) is 12.4 Å². The van der Waals surface area contributed by atoms with Gasteiger partial charge in [-0.1, -0.05) is 5.16 Å². The Labute approximate surface area is 118 Å². The molecule has 1 unspecified atom stereocenters. The zero-order valence-electron chi connectivity index (χ0n) is 12.0. The molecule has 1 atom stereocenters. The molecule has 0 bridgehead atoms. The van der Waals surface area contributed by atoms with Gasteiger partial charge in [0.2, 0.25) is 0 Å². The fourth-order valence-corrected chi connectivity index (χ4v) is 2.89. The molecule has 1 aliphatic rings. The molecule has 0 radical (unpaired) electrons. The van der Waals surface area contributed by atoms with E-state index in [2.05, 4.69) is 15.0 Å². The molecule has 1 fully saturated rings. The second-order valence-electron chi connectivity index (χ2n) is 5.34. The monoisotopic (exact) mass is 278 g/mol. The molecular formula is C14H22N4O2. The van der Waals surface area contributed by atoms with Crippen LogP contribution in [0.1, 0.15) is 29.8 Å². The van der Waals surface area contributed by atoms with Crippen LogP contribution >= 0.6 is 0 Å². The van der Waals surface area contributed by atoms with E-state index < -0.39 is 0 Å². The summed E-state index contributed by atoms with van der Waals surface area (Å²) < 4.78 is 0. The quantitative estimate of drug-likeness (QED) is 0.330. The molecule has 2 rings (SSSR count). The molecule has 2 heterocycles. The van der Waals surface area contributed by atoms with Crippen LogP contribution in [-0.2, 0) is 0 Å². The van der Waals surface area contributed by atoms with Gasteiger partial charge in [-0.3, -0.25) is 4.98 Å². The molecule has 0 amide bonds. The number of aliphatic hydroxyl groups is 1. The van der Waals surface area contributed by atoms with Crippen LogP contribution in [0, 0.1) is 19.8 Å². The minimum atomic E-state index is 0.0932. The van der Waals surface area contributed by atoms with Crippen molar-refractivity contribution in [1.29, 1.82) is 0 Å². The topological polar surface area (TPSA) is 95.0 Å². The third-order valence-electron chi connectivity index (χ3n) is 3.84. The second-order valence-corrected chi connectivity index (χ2v) is 5.34. The zero-order chi connectivity index (χ0) is 14.7. The summed E-state index contributed by atoms with van der Waals surface area (Å²) in [7, 11) is 0. The third-order valence-corrected chi connectivity index (χ3v) is 3.84. The van der Waals surface area contributed by atoms with Crippen LogP contribution in [0.5, 0.6) is 0 Å². The van der Waals surface area contributed by atoms with Crippen LogP contribution in [0.3, 0.4) is 0 Å². The molecule has 20 heavy (non-hydrogen) atoms. The first-order valence-electron chi connectivity index (χ1n) is 6.88. The summed E-state index contributed by atoms with van der Waals surface area (Å²) in [5.41, 5.74) is 9.14. The van der Waals surface area contributed by atoms with E-state index in [1.165, 1.54) is 0 Å². The van der Waals surface area contributed by atoms with E-state index in [9.17, 15) is 0 Å². The molecular weight excluding hydrogens is 256 g/mol. The number of aliphatic hydroxyl groups excluding tert-OH is 1. The molecule has 6 heteroatoms. The number of nitrogens with two attached hydrogens (primary N) is 1. The highest BCUT2D eigenvalue weighted by atomic mass is 16.4. The van der Waals surface area contributed by atoms with Crippen LogP contribution in [0.15, 0.2) is 11.2 Å². The molecule has 0 aromatic carbocycles. The standard InChI is InChI=1S/C14H22N4O2/c1-9-7-12(13(10(2)16-9)14(15)17-20)18-5-3-11(8-18)4-6-19/h7,11,19-20H,3-6,8H2,1-2H3,(H2,15,17). The van der Waals surface area contributed by atoms with Gasteiger partial charge in [0.05, 0.1) is 16.9 Å². The largest absolute Gasteiger partial charge is 0.409 e. The molecule has 0 aliphatic carbocycles. The van der Waals surface area contributed by atoms with Gasteiger partial charge in [-0.2, -0.15) is 0 Å². The van der Waals surface area contributed by atoms with Crippen molar-refractivity contribution in [3.63, 3.8) is 0 Å². The Balaban J connectivity index is 2.36. The van der Waals surface area contributed by atoms with Gasteiger partial charge in [0.1, 0.15) is 0 Å². The Kier molecular flexibility index (Phi) is 4.44. The van der Waals surface area contributed by atoms with Gasteiger partial charge in [0.25, 0.3) is 0 Å². The summed E-state index contributed by atoms with van der Waals surface area (Å²) in [5, 5.41) is 21.1. The highest BCUT2D eigenvalue weighted by Crippen LogP contribution is 2.30. The predicted octanol–water partition coefficient (Wildman–Crippen LogP) is 1.00. The van der Waals surface area contributed by atoms with E-state index in [0.717, 1.165) is 43.0 Å². The molecule has 6 nitrogen and oxygen atoms in total. The summed E-state index contributed by atoms with van der Waals surface area (Å²) in [4.78, 5) is 6.62. The van der Waals surface area contributed by atoms with Crippen LogP contribution in [0.2, 0.25) is 0 Å². The number of nitrogens with zero attached hydrogens (tertiary/aromatic N) is 3. The summed E-state index contributed by atoms with van der Waals surface area (Å²) in [6.45, 7) is 5.83. The van der Waals surface area contributed by atoms with Gasteiger partial charge in [-0.05, 0) is 38.7 Å². The van der Waals surface area contributed by atoms with Crippen LogP contribution in [0.4, 0.5) is 5.69 Å². The highest BCUT2D eigenvalue weighted by molar-refractivity contribution is 6.03. The van der Waals surface area contributed by atoms with E-state index in [1.54, 1.807) is 0 Å². The minimum Gasteiger partial charge on any atom is -0.409 e. The van der Waals surface area contributed by atoms with Gasteiger partial charge in [-0.25, -0.2) is 0 Å². The van der Waals surface area contributed by atoms with Crippen molar-refractivity contribution in [2.45, 2.75) is 26.7 Å². The molecule has 0 spiro atoms. The Bertz CT molecular complexity index is 516. The van der Waals surface area contributed by atoms with Crippen LogP contribution < -0.4 is 10.6 Å². The van der Waals surface area contributed by atoms with Crippen molar-refractivity contribution in [2.24, 2.45) is 16.8 Å². The van der Waals surface area contributed by atoms with E-state index in [4.69, 9.17) is 16.0 Å². The molecule has 1 saturated heterocycles. The van der Waals surface area contributed by atoms with Crippen molar-refractivity contribution in [3.05, 3.63) is 23.0 Å². The Morgan fingerprint density at radius 3 is 2.95 bits per heavy atom. The normalized spacial score (nSPS) is 19.6. The van der Waals surface area contributed by atoms with Gasteiger partial charge in [-0.15, -0.1) is 0 Å². The number of oxime groups is 1. The number of aryl methyl sites for hydroxylation is 2. The van der Waals surface area contributed by atoms with Crippen molar-refractivity contribution in [2.75, 3.05) is 24.6 Å². The van der Waals surface area contributed by atoms with Gasteiger partial charge in [0.15, 0.2) is 5.84 Å². The maximum atomic E-state index is 9.05. The van der Waals surface area contributed by atoms with Gasteiger partial charge in [0, 0.05) is 25.4 Å². The molecule has 1 aliphatic heterocycles. The number of aromatic nitrogens is 1. The zero-order valence-corrected chi connectivity index (χ0v) is 12.0. The first kappa shape index (κ1) is 14.6. The summed E-state index contributed by atoms with van der Waals surface area (Å²) >= 11 is 0. The Hall–Kier alpha value is -1.82. The molecule has 110 valence electrons. The maximum absolute atomic E-state index is 9.05. The average molecular weight is 278 g/mol. The van der Waals surface area contributed by atoms with Gasteiger partial charge >= 0.3 is 0 Å². The number of anilines is 1. The fraction of sp³-hybridized carbons (Fsp3) is 0.571. The number of rotatable bonds is 4. The molecule has 1 aromatic rings. The summed E-state index contributed by atoms with van der Waals surface area (Å²) in [6.07, 6.45) is 1.87. The lowest BCUT2D eigenvalue weighted by Gasteiger charge is -2.23. The molecule has 1 aromatic heterocycles. The molecule has 0 saturated carbocycles. The van der Waals surface area contributed by atoms with Crippen LogP contribution in [-0.4, -0.2) is 40.8 Å². The minimum absolute atomic E-state index is 0.0932. The van der Waals surface area contributed by atoms with E-state index in [1.807, 2.05) is 19.9 Å². The number of hydrogen-bond donors (Lipinski definition) is 3. The van der Waals surface area contributed by atoms with Gasteiger partial charge < -0.3 is 20.9 Å². The highest BCUT2D eigenvalue weighted by Gasteiger charge is 2.26. The number of amidine groups is 1. The number of pyridine rings is 1. The maximum Gasteiger partial charge on any atom is 0.174 e. The van der Waals surface area contributed by atoms with E-state index >= 15 is 0 Å². The average Bonchev–Trinajstić information content (AvgIpc) is 2.86. The van der Waals surface area contributed by atoms with Crippen LogP contribution in [0.25, 0.3) is 0 Å². The van der Waals surface area contributed by atoms with Crippen molar-refractivity contribution in [3.8, 4) is 0 Å². The van der Waals surface area contributed by atoms with Crippen molar-refractivity contribution in [1.82, 2.24) is 4.98 Å². The second kappa shape index (κ2) is 6.09. The first-order chi connectivity index (χ1) is 9.56.